The zero-order valence-electron chi connectivity index (χ0n) is 16.3. The van der Waals surface area contributed by atoms with Crippen molar-refractivity contribution in [1.29, 1.82) is 0 Å². The van der Waals surface area contributed by atoms with Crippen LogP contribution in [-0.4, -0.2) is 34.7 Å². The Balaban J connectivity index is 1.87. The molecule has 3 heterocycles. The molecule has 0 radical (unpaired) electrons. The number of furan rings is 1. The van der Waals surface area contributed by atoms with Gasteiger partial charge >= 0.3 is 0 Å². The first-order valence-electron chi connectivity index (χ1n) is 9.18. The molecule has 0 saturated heterocycles. The summed E-state index contributed by atoms with van der Waals surface area (Å²) in [5.41, 5.74) is 3.33. The first-order valence-corrected chi connectivity index (χ1v) is 9.18. The molecular weight excluding hydrogens is 370 g/mol. The van der Waals surface area contributed by atoms with E-state index in [0.29, 0.717) is 35.0 Å². The molecule has 1 aliphatic heterocycles. The number of aliphatic imine (C=N–C) groups is 2. The topological polar surface area (TPSA) is 96.3 Å². The summed E-state index contributed by atoms with van der Waals surface area (Å²) in [5.74, 6) is 1.83. The van der Waals surface area contributed by atoms with Crippen molar-refractivity contribution in [2.45, 2.75) is 25.9 Å². The van der Waals surface area contributed by atoms with Crippen LogP contribution < -0.4 is 9.64 Å². The average molecular weight is 391 g/mol. The molecule has 0 bridgehead atoms. The number of hydrogen-bond donors (Lipinski definition) is 1. The maximum absolute atomic E-state index is 10.3. The smallest absolute Gasteiger partial charge is 0.200 e. The van der Waals surface area contributed by atoms with Crippen LogP contribution in [0.15, 0.2) is 51.6 Å². The quantitative estimate of drug-likeness (QED) is 0.522. The number of phenolic OH excluding ortho intramolecular Hbond substituents is 1. The van der Waals surface area contributed by atoms with Crippen molar-refractivity contribution in [2.75, 3.05) is 12.0 Å². The van der Waals surface area contributed by atoms with E-state index in [1.807, 2.05) is 6.07 Å². The van der Waals surface area contributed by atoms with E-state index in [-0.39, 0.29) is 17.6 Å². The van der Waals surface area contributed by atoms with Crippen molar-refractivity contribution < 1.29 is 14.3 Å². The van der Waals surface area contributed by atoms with Crippen LogP contribution in [-0.2, 0) is 6.54 Å². The Hall–Kier alpha value is -3.68. The van der Waals surface area contributed by atoms with Crippen molar-refractivity contribution in [3.8, 4) is 11.5 Å². The van der Waals surface area contributed by atoms with Gasteiger partial charge in [0, 0.05) is 18.8 Å². The van der Waals surface area contributed by atoms with Crippen LogP contribution >= 0.6 is 0 Å². The van der Waals surface area contributed by atoms with E-state index >= 15 is 0 Å². The van der Waals surface area contributed by atoms with Gasteiger partial charge in [0.05, 0.1) is 19.4 Å². The second-order valence-electron chi connectivity index (χ2n) is 6.57. The monoisotopic (exact) mass is 391 g/mol. The molecule has 0 amide bonds. The third-order valence-electron chi connectivity index (χ3n) is 5.02. The van der Waals surface area contributed by atoms with E-state index in [1.165, 1.54) is 13.3 Å². The minimum Gasteiger partial charge on any atom is -0.504 e. The van der Waals surface area contributed by atoms with E-state index in [1.54, 1.807) is 18.4 Å². The normalized spacial score (nSPS) is 16.1. The fraction of sp³-hybridized carbons (Fsp3) is 0.238. The Labute approximate surface area is 167 Å². The van der Waals surface area contributed by atoms with E-state index in [0.717, 1.165) is 17.5 Å². The molecule has 3 aromatic rings. The summed E-state index contributed by atoms with van der Waals surface area (Å²) in [6.45, 7) is 9.84. The molecule has 8 heteroatoms. The van der Waals surface area contributed by atoms with Gasteiger partial charge in [-0.15, -0.1) is 0 Å². The molecule has 1 aliphatic rings. The van der Waals surface area contributed by atoms with Crippen molar-refractivity contribution >= 4 is 29.5 Å². The largest absolute Gasteiger partial charge is 0.504 e. The lowest BCUT2D eigenvalue weighted by atomic mass is 10.0. The highest BCUT2D eigenvalue weighted by atomic mass is 16.5. The zero-order chi connectivity index (χ0) is 20.5. The second-order valence-corrected chi connectivity index (χ2v) is 6.57. The van der Waals surface area contributed by atoms with E-state index in [4.69, 9.17) is 14.1 Å². The van der Waals surface area contributed by atoms with Gasteiger partial charge in [-0.2, -0.15) is 0 Å². The number of aromatic nitrogens is 2. The lowest BCUT2D eigenvalue weighted by Crippen LogP contribution is -2.23. The number of fused-ring (bicyclic) bond motifs is 2. The summed E-state index contributed by atoms with van der Waals surface area (Å²) in [6, 6.07) is 5.41. The van der Waals surface area contributed by atoms with Crippen LogP contribution in [0.3, 0.4) is 0 Å². The number of hydrogen-bond acceptors (Lipinski definition) is 7. The molecule has 0 spiro atoms. The summed E-state index contributed by atoms with van der Waals surface area (Å²) in [6.07, 6.45) is 3.77. The van der Waals surface area contributed by atoms with Gasteiger partial charge in [-0.3, -0.25) is 0 Å². The van der Waals surface area contributed by atoms with Gasteiger partial charge in [0.1, 0.15) is 5.52 Å². The summed E-state index contributed by atoms with van der Waals surface area (Å²) in [4.78, 5) is 19.4. The maximum Gasteiger partial charge on any atom is 0.200 e. The molecule has 29 heavy (non-hydrogen) atoms. The van der Waals surface area contributed by atoms with Gasteiger partial charge < -0.3 is 19.2 Å². The third-order valence-corrected chi connectivity index (χ3v) is 5.02. The number of rotatable bonds is 5. The molecule has 2 aromatic heterocycles. The minimum atomic E-state index is 0.00865. The summed E-state index contributed by atoms with van der Waals surface area (Å²) in [7, 11) is 1.54. The van der Waals surface area contributed by atoms with E-state index in [2.05, 4.69) is 40.1 Å². The number of amidine groups is 1. The highest BCUT2D eigenvalue weighted by Gasteiger charge is 2.33. The van der Waals surface area contributed by atoms with Crippen molar-refractivity contribution in [3.05, 3.63) is 54.2 Å². The van der Waals surface area contributed by atoms with Gasteiger partial charge in [-0.25, -0.2) is 20.0 Å². The Morgan fingerprint density at radius 2 is 2.28 bits per heavy atom. The fourth-order valence-corrected chi connectivity index (χ4v) is 3.76. The van der Waals surface area contributed by atoms with Crippen LogP contribution in [0, 0.1) is 0 Å². The average Bonchev–Trinajstić information content (AvgIpc) is 3.34. The van der Waals surface area contributed by atoms with Crippen molar-refractivity contribution in [3.63, 3.8) is 0 Å². The second kappa shape index (κ2) is 7.38. The molecule has 1 N–H and O–H groups in total. The lowest BCUT2D eigenvalue weighted by Gasteiger charge is -2.25. The summed E-state index contributed by atoms with van der Waals surface area (Å²) < 4.78 is 11.0. The van der Waals surface area contributed by atoms with Gasteiger partial charge in [0.2, 0.25) is 5.82 Å². The number of methoxy groups -OCH3 is 1. The molecule has 1 aromatic carbocycles. The molecule has 0 fully saturated rings. The number of aromatic hydroxyl groups is 1. The SMILES string of the molecule is C=CN=C(N=C)c1nc(N2Cc3cc(OC)c(O)cc3C2CC)c2occc2n1. The first-order chi connectivity index (χ1) is 14.1. The number of nitrogens with zero attached hydrogens (tertiary/aromatic N) is 5. The summed E-state index contributed by atoms with van der Waals surface area (Å²) in [5, 5.41) is 10.3. The Kier molecular flexibility index (Phi) is 4.75. The molecule has 0 saturated carbocycles. The van der Waals surface area contributed by atoms with Gasteiger partial charge in [0.15, 0.2) is 28.7 Å². The molecule has 148 valence electrons. The standard InChI is InChI=1S/C21H21N5O3/c1-5-15-13-10-16(27)17(28-4)9-12(13)11-26(15)21-18-14(7-8-29-18)24-20(25-21)19(22-3)23-6-2/h6-10,15,27H,2-3,5,11H2,1,4H3. The maximum atomic E-state index is 10.3. The molecule has 1 atom stereocenters. The fourth-order valence-electron chi connectivity index (χ4n) is 3.76. The van der Waals surface area contributed by atoms with Crippen molar-refractivity contribution in [1.82, 2.24) is 9.97 Å². The summed E-state index contributed by atoms with van der Waals surface area (Å²) >= 11 is 0. The van der Waals surface area contributed by atoms with Crippen LogP contribution in [0.5, 0.6) is 11.5 Å². The zero-order valence-corrected chi connectivity index (χ0v) is 16.3. The number of benzene rings is 1. The number of phenols is 1. The predicted octanol–water partition coefficient (Wildman–Crippen LogP) is 4.00. The van der Waals surface area contributed by atoms with Crippen LogP contribution in [0.1, 0.15) is 36.3 Å². The molecule has 1 unspecified atom stereocenters. The highest BCUT2D eigenvalue weighted by molar-refractivity contribution is 6.01. The van der Waals surface area contributed by atoms with Gasteiger partial charge in [-0.1, -0.05) is 13.5 Å². The van der Waals surface area contributed by atoms with E-state index < -0.39 is 0 Å². The highest BCUT2D eigenvalue weighted by Crippen LogP contribution is 2.44. The lowest BCUT2D eigenvalue weighted by molar-refractivity contribution is 0.372. The third kappa shape index (κ3) is 3.02. The number of ether oxygens (including phenoxy) is 1. The Bertz CT molecular complexity index is 1130. The van der Waals surface area contributed by atoms with E-state index in [9.17, 15) is 5.11 Å². The first kappa shape index (κ1) is 18.7. The predicted molar refractivity (Wildman–Crippen MR) is 112 cm³/mol. The van der Waals surface area contributed by atoms with Gasteiger partial charge in [0.25, 0.3) is 0 Å². The Morgan fingerprint density at radius 3 is 2.97 bits per heavy atom. The van der Waals surface area contributed by atoms with Crippen LogP contribution in [0.2, 0.25) is 0 Å². The van der Waals surface area contributed by atoms with Crippen molar-refractivity contribution in [2.24, 2.45) is 9.98 Å². The molecular formula is C21H21N5O3. The Morgan fingerprint density at radius 1 is 1.45 bits per heavy atom. The minimum absolute atomic E-state index is 0.00865. The van der Waals surface area contributed by atoms with Crippen LogP contribution in [0.25, 0.3) is 11.1 Å². The molecule has 8 nitrogen and oxygen atoms in total. The van der Waals surface area contributed by atoms with Crippen LogP contribution in [0.4, 0.5) is 5.82 Å². The molecule has 4 rings (SSSR count). The van der Waals surface area contributed by atoms with Gasteiger partial charge in [-0.05, 0) is 36.4 Å². The number of anilines is 1. The molecule has 0 aliphatic carbocycles.